The van der Waals surface area contributed by atoms with Crippen LogP contribution in [0.3, 0.4) is 0 Å². The summed E-state index contributed by atoms with van der Waals surface area (Å²) >= 11 is 1.82. The van der Waals surface area contributed by atoms with E-state index in [1.807, 2.05) is 30.8 Å². The van der Waals surface area contributed by atoms with E-state index in [1.165, 1.54) is 0 Å². The third-order valence-electron chi connectivity index (χ3n) is 5.80. The third kappa shape index (κ3) is 4.93. The van der Waals surface area contributed by atoms with Gasteiger partial charge in [0.2, 0.25) is 0 Å². The highest BCUT2D eigenvalue weighted by Crippen LogP contribution is 2.47. The van der Waals surface area contributed by atoms with Gasteiger partial charge in [0.05, 0.1) is 0 Å². The molecule has 2 radical (unpaired) electrons. The van der Waals surface area contributed by atoms with Crippen molar-refractivity contribution in [1.29, 1.82) is 0 Å². The van der Waals surface area contributed by atoms with Crippen LogP contribution in [-0.4, -0.2) is 44.8 Å². The van der Waals surface area contributed by atoms with E-state index < -0.39 is 0 Å². The average Bonchev–Trinajstić information content (AvgIpc) is 3.23. The lowest BCUT2D eigenvalue weighted by molar-refractivity contribution is 0.0250. The first-order valence-corrected chi connectivity index (χ1v) is 10.9. The zero-order valence-corrected chi connectivity index (χ0v) is 17.1. The van der Waals surface area contributed by atoms with Gasteiger partial charge in [-0.05, 0) is 49.3 Å². The molecule has 3 rings (SSSR count). The van der Waals surface area contributed by atoms with Crippen LogP contribution in [0.15, 0.2) is 35.7 Å². The zero-order chi connectivity index (χ0) is 20.0. The summed E-state index contributed by atoms with van der Waals surface area (Å²) in [5.74, 6) is 1.31. The smallest absolute Gasteiger partial charge is 0.407 e. The van der Waals surface area contributed by atoms with Gasteiger partial charge in [-0.2, -0.15) is 0 Å². The van der Waals surface area contributed by atoms with Crippen LogP contribution in [0.4, 0.5) is 4.79 Å². The minimum Gasteiger partial charge on any atom is -0.446 e. The predicted molar refractivity (Wildman–Crippen MR) is 114 cm³/mol. The summed E-state index contributed by atoms with van der Waals surface area (Å²) in [7, 11) is 5.94. The number of hydrogen-bond donors (Lipinski definition) is 2. The summed E-state index contributed by atoms with van der Waals surface area (Å²) in [6.07, 6.45) is 5.32. The summed E-state index contributed by atoms with van der Waals surface area (Å²) < 4.78 is 5.52. The monoisotopic (exact) mass is 398 g/mol. The van der Waals surface area contributed by atoms with Crippen LogP contribution >= 0.6 is 11.8 Å². The number of carbonyl (C=O) groups is 2. The van der Waals surface area contributed by atoms with Crippen molar-refractivity contribution in [2.24, 2.45) is 11.3 Å². The van der Waals surface area contributed by atoms with Crippen LogP contribution in [0, 0.1) is 11.3 Å². The van der Waals surface area contributed by atoms with E-state index in [9.17, 15) is 9.59 Å². The van der Waals surface area contributed by atoms with Gasteiger partial charge in [-0.1, -0.05) is 35.8 Å². The predicted octanol–water partition coefficient (Wildman–Crippen LogP) is 2.76. The topological polar surface area (TPSA) is 67.4 Å². The zero-order valence-electron chi connectivity index (χ0n) is 16.3. The van der Waals surface area contributed by atoms with Gasteiger partial charge in [0, 0.05) is 24.4 Å². The van der Waals surface area contributed by atoms with Gasteiger partial charge in [-0.25, -0.2) is 4.79 Å². The van der Waals surface area contributed by atoms with Crippen LogP contribution in [0.1, 0.15) is 43.0 Å². The first kappa shape index (κ1) is 20.8. The molecule has 1 atom stereocenters. The van der Waals surface area contributed by atoms with Gasteiger partial charge < -0.3 is 15.4 Å². The number of carbonyl (C=O) groups excluding carboxylic acids is 2. The number of hydrogen-bond acceptors (Lipinski definition) is 4. The minimum absolute atomic E-state index is 0.0136. The van der Waals surface area contributed by atoms with Crippen LogP contribution in [-0.2, 0) is 4.74 Å². The van der Waals surface area contributed by atoms with Gasteiger partial charge in [-0.15, -0.1) is 11.8 Å². The van der Waals surface area contributed by atoms with Crippen molar-refractivity contribution >= 4 is 37.1 Å². The molecule has 5 nitrogen and oxygen atoms in total. The van der Waals surface area contributed by atoms with Crippen LogP contribution < -0.4 is 16.1 Å². The van der Waals surface area contributed by atoms with E-state index in [1.54, 1.807) is 12.1 Å². The molecular weight excluding hydrogens is 371 g/mol. The first-order valence-electron chi connectivity index (χ1n) is 9.89. The van der Waals surface area contributed by atoms with Crippen molar-refractivity contribution in [3.63, 3.8) is 0 Å². The van der Waals surface area contributed by atoms with Crippen molar-refractivity contribution in [1.82, 2.24) is 10.6 Å². The molecule has 1 saturated carbocycles. The molecule has 148 valence electrons. The molecule has 0 bridgehead atoms. The normalized spacial score (nSPS) is 26.6. The number of thioether (sulfide) groups is 1. The maximum Gasteiger partial charge on any atom is 0.407 e. The summed E-state index contributed by atoms with van der Waals surface area (Å²) in [5, 5.41) is 7.96. The van der Waals surface area contributed by atoms with Crippen molar-refractivity contribution < 1.29 is 14.3 Å². The maximum atomic E-state index is 12.7. The standard InChI is InChI=1S/C21H27BN2O3S/c1-2-23-20(26)27-16-7-10-21(11-8-16,15-9-12-28-13-15)14-24-19(25)17-5-3-4-6-18(17)22/h3-6,9,12,15-16H,2,7-8,10-11,13-14H2,1H3,(H,23,26)(H,24,25). The molecule has 28 heavy (non-hydrogen) atoms. The Hall–Kier alpha value is -1.89. The van der Waals surface area contributed by atoms with Crippen molar-refractivity contribution in [3.8, 4) is 0 Å². The largest absolute Gasteiger partial charge is 0.446 e. The van der Waals surface area contributed by atoms with Crippen LogP contribution in [0.25, 0.3) is 0 Å². The third-order valence-corrected chi connectivity index (χ3v) is 6.70. The Labute approximate surface area is 172 Å². The minimum atomic E-state index is -0.343. The number of alkyl carbamates (subject to hydrolysis) is 1. The Kier molecular flexibility index (Phi) is 7.10. The fourth-order valence-electron chi connectivity index (χ4n) is 4.10. The van der Waals surface area contributed by atoms with Crippen molar-refractivity contribution in [2.75, 3.05) is 18.8 Å². The second-order valence-electron chi connectivity index (χ2n) is 7.54. The highest BCUT2D eigenvalue weighted by atomic mass is 32.2. The molecule has 2 amide bonds. The molecule has 2 aliphatic rings. The van der Waals surface area contributed by atoms with E-state index in [0.717, 1.165) is 31.4 Å². The number of nitrogens with one attached hydrogen (secondary N) is 2. The van der Waals surface area contributed by atoms with E-state index in [0.29, 0.717) is 30.0 Å². The summed E-state index contributed by atoms with van der Waals surface area (Å²) in [6, 6.07) is 7.13. The number of benzene rings is 1. The Balaban J connectivity index is 1.64. The summed E-state index contributed by atoms with van der Waals surface area (Å²) in [6.45, 7) is 3.04. The van der Waals surface area contributed by atoms with Crippen molar-refractivity contribution in [3.05, 3.63) is 41.3 Å². The Morgan fingerprint density at radius 1 is 1.25 bits per heavy atom. The highest BCUT2D eigenvalue weighted by Gasteiger charge is 2.42. The van der Waals surface area contributed by atoms with Gasteiger partial charge in [0.1, 0.15) is 14.0 Å². The molecule has 1 fully saturated rings. The van der Waals surface area contributed by atoms with Crippen LogP contribution in [0.5, 0.6) is 0 Å². The molecule has 0 spiro atoms. The van der Waals surface area contributed by atoms with Gasteiger partial charge >= 0.3 is 6.09 Å². The SMILES string of the molecule is [B]c1ccccc1C(=O)NCC1(C2C=CSC2)CCC(OC(=O)NCC)CC1. The lowest BCUT2D eigenvalue weighted by Crippen LogP contribution is -2.46. The molecule has 0 saturated heterocycles. The van der Waals surface area contributed by atoms with Crippen molar-refractivity contribution in [2.45, 2.75) is 38.7 Å². The lowest BCUT2D eigenvalue weighted by Gasteiger charge is -2.43. The number of allylic oxidation sites excluding steroid dienone is 1. The Morgan fingerprint density at radius 2 is 2.00 bits per heavy atom. The average molecular weight is 398 g/mol. The fourth-order valence-corrected chi connectivity index (χ4v) is 5.19. The fraction of sp³-hybridized carbons (Fsp3) is 0.524. The number of ether oxygens (including phenoxy) is 1. The molecule has 1 heterocycles. The first-order chi connectivity index (χ1) is 13.5. The molecule has 1 unspecified atom stereocenters. The number of amides is 2. The molecule has 0 aromatic heterocycles. The second-order valence-corrected chi connectivity index (χ2v) is 8.47. The molecule has 1 aromatic rings. The lowest BCUT2D eigenvalue weighted by atomic mass is 9.65. The second kappa shape index (κ2) is 9.55. The van der Waals surface area contributed by atoms with E-state index >= 15 is 0 Å². The van der Waals surface area contributed by atoms with E-state index in [-0.39, 0.29) is 23.5 Å². The van der Waals surface area contributed by atoms with E-state index in [2.05, 4.69) is 22.1 Å². The van der Waals surface area contributed by atoms with Gasteiger partial charge in [0.25, 0.3) is 5.91 Å². The van der Waals surface area contributed by atoms with Gasteiger partial charge in [0.15, 0.2) is 0 Å². The maximum absolute atomic E-state index is 12.7. The molecule has 1 aliphatic carbocycles. The Bertz CT molecular complexity index is 732. The molecule has 1 aromatic carbocycles. The number of rotatable bonds is 6. The molecular formula is C21H27BN2O3S. The van der Waals surface area contributed by atoms with Gasteiger partial charge in [-0.3, -0.25) is 4.79 Å². The highest BCUT2D eigenvalue weighted by molar-refractivity contribution is 8.02. The molecule has 7 heteroatoms. The van der Waals surface area contributed by atoms with Crippen LogP contribution in [0.2, 0.25) is 0 Å². The summed E-state index contributed by atoms with van der Waals surface area (Å²) in [4.78, 5) is 24.4. The Morgan fingerprint density at radius 3 is 2.64 bits per heavy atom. The quantitative estimate of drug-likeness (QED) is 0.724. The summed E-state index contributed by atoms with van der Waals surface area (Å²) in [5.41, 5.74) is 0.993. The molecule has 1 aliphatic heterocycles. The molecule has 2 N–H and O–H groups in total. The van der Waals surface area contributed by atoms with E-state index in [4.69, 9.17) is 12.6 Å².